The zero-order valence-corrected chi connectivity index (χ0v) is 18.9. The zero-order valence-electron chi connectivity index (χ0n) is 14.1. The van der Waals surface area contributed by atoms with Crippen molar-refractivity contribution in [3.8, 4) is 0 Å². The van der Waals surface area contributed by atoms with Gasteiger partial charge in [0, 0.05) is 0 Å². The Hall–Kier alpha value is 0.501. The van der Waals surface area contributed by atoms with Gasteiger partial charge in [-0.05, 0) is 0 Å². The molecule has 126 valence electrons. The number of rotatable bonds is 6. The third-order valence-corrected chi connectivity index (χ3v) is 13.8. The van der Waals surface area contributed by atoms with Crippen molar-refractivity contribution in [1.82, 2.24) is 0 Å². The number of halogens is 3. The summed E-state index contributed by atoms with van der Waals surface area (Å²) in [5, 5.41) is 1.63. The van der Waals surface area contributed by atoms with Gasteiger partial charge in [0.1, 0.15) is 0 Å². The van der Waals surface area contributed by atoms with Crippen molar-refractivity contribution in [2.75, 3.05) is 0 Å². The standard InChI is InChI=1S/C18H25Si.3ClH.Ti/c1-4-11-16-12-10-15-18(16)19(5-2,6-3)17-13-8-7-9-14-17;;;;/h7-10,12-15H,4-6,11H2,1-3H3;3*1H;/q;;;;+3/p-3. The topological polar surface area (TPSA) is 0 Å². The molecule has 1 aromatic rings. The summed E-state index contributed by atoms with van der Waals surface area (Å²) in [6.07, 6.45) is 9.69. The van der Waals surface area contributed by atoms with Crippen molar-refractivity contribution in [3.05, 3.63) is 54.1 Å². The SMILES string of the molecule is CCCC1=CC=C[C]1([Ti+3])[Si](CC)(CC)c1ccccc1.[Cl-].[Cl-].[Cl-]. The zero-order chi connectivity index (χ0) is 14.6. The first kappa shape index (κ1) is 25.7. The Labute approximate surface area is 173 Å². The number of allylic oxidation sites excluding steroid dienone is 4. The molecule has 0 radical (unpaired) electrons. The Balaban J connectivity index is 0. The smallest absolute Gasteiger partial charge is 1.00 e. The monoisotopic (exact) mass is 422 g/mol. The largest absolute Gasteiger partial charge is 1.00 e. The van der Waals surface area contributed by atoms with Crippen molar-refractivity contribution in [2.24, 2.45) is 0 Å². The minimum atomic E-state index is -1.57. The van der Waals surface area contributed by atoms with Gasteiger partial charge >= 0.3 is 137 Å². The molecule has 23 heavy (non-hydrogen) atoms. The molecule has 5 heteroatoms. The maximum atomic E-state index is 2.50. The molecule has 1 atom stereocenters. The second-order valence-corrected chi connectivity index (χ2v) is 12.7. The Morgan fingerprint density at radius 1 is 0.957 bits per heavy atom. The van der Waals surface area contributed by atoms with Gasteiger partial charge in [-0.1, -0.05) is 0 Å². The van der Waals surface area contributed by atoms with Crippen LogP contribution >= 0.6 is 0 Å². The van der Waals surface area contributed by atoms with E-state index in [1.807, 2.05) is 0 Å². The summed E-state index contributed by atoms with van der Waals surface area (Å²) >= 11 is 2.50. The predicted octanol–water partition coefficient (Wildman–Crippen LogP) is -4.06. The fourth-order valence-electron chi connectivity index (χ4n) is 3.76. The average Bonchev–Trinajstić information content (AvgIpc) is 2.85. The molecule has 0 saturated carbocycles. The molecular formula is C18H25Cl3SiTi. The summed E-state index contributed by atoms with van der Waals surface area (Å²) in [5.41, 5.74) is 1.67. The van der Waals surface area contributed by atoms with Gasteiger partial charge in [0.25, 0.3) is 0 Å². The molecule has 0 fully saturated rings. The molecule has 0 heterocycles. The fraction of sp³-hybridized carbons (Fsp3) is 0.444. The van der Waals surface area contributed by atoms with Crippen LogP contribution < -0.4 is 42.4 Å². The van der Waals surface area contributed by atoms with E-state index in [9.17, 15) is 0 Å². The van der Waals surface area contributed by atoms with Gasteiger partial charge in [0.05, 0.1) is 0 Å². The van der Waals surface area contributed by atoms with E-state index in [1.165, 1.54) is 24.9 Å². The van der Waals surface area contributed by atoms with Crippen LogP contribution in [0.25, 0.3) is 0 Å². The molecule has 2 rings (SSSR count). The number of benzene rings is 1. The molecule has 1 aliphatic carbocycles. The van der Waals surface area contributed by atoms with Crippen LogP contribution in [0.15, 0.2) is 54.1 Å². The third kappa shape index (κ3) is 4.57. The van der Waals surface area contributed by atoms with E-state index in [2.05, 4.69) is 89.8 Å². The molecule has 0 aromatic heterocycles. The van der Waals surface area contributed by atoms with Crippen molar-refractivity contribution >= 4 is 13.3 Å². The van der Waals surface area contributed by atoms with Gasteiger partial charge in [0.2, 0.25) is 0 Å². The van der Waals surface area contributed by atoms with Gasteiger partial charge in [-0.15, -0.1) is 0 Å². The minimum absolute atomic E-state index is 0. The van der Waals surface area contributed by atoms with E-state index in [-0.39, 0.29) is 37.2 Å². The van der Waals surface area contributed by atoms with E-state index >= 15 is 0 Å². The quantitative estimate of drug-likeness (QED) is 0.409. The van der Waals surface area contributed by atoms with E-state index in [1.54, 1.807) is 10.8 Å². The van der Waals surface area contributed by atoms with Gasteiger partial charge in [-0.2, -0.15) is 0 Å². The van der Waals surface area contributed by atoms with Crippen molar-refractivity contribution in [2.45, 2.75) is 49.0 Å². The first-order valence-corrected chi connectivity index (χ1v) is 11.0. The molecule has 0 bridgehead atoms. The molecule has 1 aliphatic rings. The van der Waals surface area contributed by atoms with Gasteiger partial charge in [-0.25, -0.2) is 0 Å². The van der Waals surface area contributed by atoms with Crippen LogP contribution in [-0.4, -0.2) is 8.07 Å². The van der Waals surface area contributed by atoms with Gasteiger partial charge in [-0.3, -0.25) is 0 Å². The fourth-order valence-corrected chi connectivity index (χ4v) is 11.5. The van der Waals surface area contributed by atoms with Crippen LogP contribution in [0.3, 0.4) is 0 Å². The first-order chi connectivity index (χ1) is 9.64. The van der Waals surface area contributed by atoms with Crippen LogP contribution in [0.1, 0.15) is 33.6 Å². The van der Waals surface area contributed by atoms with E-state index < -0.39 is 8.07 Å². The molecule has 0 amide bonds. The Morgan fingerprint density at radius 2 is 1.52 bits per heavy atom. The van der Waals surface area contributed by atoms with Crippen molar-refractivity contribution < 1.29 is 57.7 Å². The van der Waals surface area contributed by atoms with Crippen LogP contribution in [-0.2, 0) is 20.4 Å². The van der Waals surface area contributed by atoms with Crippen LogP contribution in [0.2, 0.25) is 15.4 Å². The van der Waals surface area contributed by atoms with Gasteiger partial charge < -0.3 is 37.2 Å². The average molecular weight is 424 g/mol. The predicted molar refractivity (Wildman–Crippen MR) is 87.6 cm³/mol. The van der Waals surface area contributed by atoms with Crippen molar-refractivity contribution in [1.29, 1.82) is 0 Å². The van der Waals surface area contributed by atoms with E-state index in [0.29, 0.717) is 3.34 Å². The maximum Gasteiger partial charge on any atom is -1.00 e. The normalized spacial score (nSPS) is 19.3. The minimum Gasteiger partial charge on any atom is -1.00 e. The summed E-state index contributed by atoms with van der Waals surface area (Å²) < 4.78 is 0.299. The molecule has 0 nitrogen and oxygen atoms in total. The molecule has 0 spiro atoms. The molecule has 0 N–H and O–H groups in total. The van der Waals surface area contributed by atoms with Crippen LogP contribution in [0.5, 0.6) is 0 Å². The number of hydrogen-bond donors (Lipinski definition) is 0. The van der Waals surface area contributed by atoms with E-state index in [0.717, 1.165) is 0 Å². The molecule has 1 aromatic carbocycles. The summed E-state index contributed by atoms with van der Waals surface area (Å²) in [6.45, 7) is 7.11. The Bertz CT molecular complexity index is 512. The van der Waals surface area contributed by atoms with E-state index in [4.69, 9.17) is 0 Å². The molecule has 1 unspecified atom stereocenters. The Morgan fingerprint density at radius 3 is 2.00 bits per heavy atom. The molecule has 0 saturated heterocycles. The van der Waals surface area contributed by atoms with Crippen LogP contribution in [0.4, 0.5) is 0 Å². The first-order valence-electron chi connectivity index (χ1n) is 7.84. The van der Waals surface area contributed by atoms with Crippen molar-refractivity contribution in [3.63, 3.8) is 0 Å². The second kappa shape index (κ2) is 11.2. The summed E-state index contributed by atoms with van der Waals surface area (Å²) in [7, 11) is -1.57. The second-order valence-electron chi connectivity index (χ2n) is 5.76. The molecule has 0 aliphatic heterocycles. The summed E-state index contributed by atoms with van der Waals surface area (Å²) in [5.74, 6) is 0. The third-order valence-electron chi connectivity index (χ3n) is 4.96. The number of hydrogen-bond acceptors (Lipinski definition) is 0. The summed E-state index contributed by atoms with van der Waals surface area (Å²) in [4.78, 5) is 0. The van der Waals surface area contributed by atoms with Gasteiger partial charge in [0.15, 0.2) is 0 Å². The van der Waals surface area contributed by atoms with Crippen LogP contribution in [0, 0.1) is 0 Å². The summed E-state index contributed by atoms with van der Waals surface area (Å²) in [6, 6.07) is 14.0. The Kier molecular flexibility index (Phi) is 12.5. The maximum absolute atomic E-state index is 2.50. The molecular weight excluding hydrogens is 399 g/mol.